The number of carbonyl (C=O) groups is 2. The molecular formula is C25H27NO5. The molecule has 162 valence electrons. The van der Waals surface area contributed by atoms with Crippen molar-refractivity contribution < 1.29 is 24.5 Å². The van der Waals surface area contributed by atoms with Crippen LogP contribution in [0.3, 0.4) is 0 Å². The van der Waals surface area contributed by atoms with Crippen molar-refractivity contribution in [3.8, 4) is 0 Å². The highest BCUT2D eigenvalue weighted by Crippen LogP contribution is 2.26. The van der Waals surface area contributed by atoms with Crippen LogP contribution in [0.5, 0.6) is 0 Å². The van der Waals surface area contributed by atoms with E-state index in [4.69, 9.17) is 9.84 Å². The van der Waals surface area contributed by atoms with Crippen molar-refractivity contribution in [3.05, 3.63) is 94.8 Å². The summed E-state index contributed by atoms with van der Waals surface area (Å²) in [6, 6.07) is 14.6. The average molecular weight is 421 g/mol. The van der Waals surface area contributed by atoms with E-state index in [1.807, 2.05) is 43.3 Å². The van der Waals surface area contributed by atoms with Crippen molar-refractivity contribution in [1.29, 1.82) is 0 Å². The Morgan fingerprint density at radius 3 is 2.55 bits per heavy atom. The number of aromatic carboxylic acids is 1. The quantitative estimate of drug-likeness (QED) is 0.471. The Morgan fingerprint density at radius 1 is 1.16 bits per heavy atom. The summed E-state index contributed by atoms with van der Waals surface area (Å²) in [6.45, 7) is 6.84. The molecule has 1 unspecified atom stereocenters. The molecule has 2 aromatic rings. The van der Waals surface area contributed by atoms with Crippen LogP contribution < -0.4 is 0 Å². The summed E-state index contributed by atoms with van der Waals surface area (Å²) in [5.74, 6) is -0.735. The minimum absolute atomic E-state index is 0.0941. The highest BCUT2D eigenvalue weighted by molar-refractivity contribution is 5.94. The maximum atomic E-state index is 12.9. The van der Waals surface area contributed by atoms with Crippen molar-refractivity contribution in [2.24, 2.45) is 0 Å². The molecule has 0 fully saturated rings. The van der Waals surface area contributed by atoms with Gasteiger partial charge in [0.05, 0.1) is 17.4 Å². The minimum Gasteiger partial charge on any atom is -0.493 e. The first-order valence-corrected chi connectivity index (χ1v) is 10.3. The predicted molar refractivity (Wildman–Crippen MR) is 117 cm³/mol. The number of ether oxygens (including phenoxy) is 1. The van der Waals surface area contributed by atoms with Gasteiger partial charge in [-0.05, 0) is 41.3 Å². The Labute approximate surface area is 182 Å². The number of carboxylic acid groups (broad SMARTS) is 1. The van der Waals surface area contributed by atoms with Crippen LogP contribution in [0.1, 0.15) is 46.8 Å². The molecule has 6 nitrogen and oxygen atoms in total. The van der Waals surface area contributed by atoms with E-state index in [9.17, 15) is 14.7 Å². The van der Waals surface area contributed by atoms with Gasteiger partial charge < -0.3 is 19.8 Å². The number of carboxylic acids is 1. The molecule has 0 aromatic heterocycles. The number of nitrogens with zero attached hydrogens (tertiary/aromatic N) is 1. The largest absolute Gasteiger partial charge is 0.493 e. The van der Waals surface area contributed by atoms with Gasteiger partial charge in [-0.25, -0.2) is 4.79 Å². The van der Waals surface area contributed by atoms with Gasteiger partial charge in [-0.3, -0.25) is 4.79 Å². The third-order valence-corrected chi connectivity index (χ3v) is 5.23. The highest BCUT2D eigenvalue weighted by Gasteiger charge is 2.28. The Kier molecular flexibility index (Phi) is 7.26. The lowest BCUT2D eigenvalue weighted by molar-refractivity contribution is -0.128. The van der Waals surface area contributed by atoms with Crippen LogP contribution in [0.25, 0.3) is 0 Å². The Bertz CT molecular complexity index is 996. The lowest BCUT2D eigenvalue weighted by Gasteiger charge is -2.21. The van der Waals surface area contributed by atoms with Crippen LogP contribution in [0.2, 0.25) is 0 Å². The Hall–Kier alpha value is -3.38. The van der Waals surface area contributed by atoms with Crippen LogP contribution in [0, 0.1) is 0 Å². The molecule has 0 bridgehead atoms. The summed E-state index contributed by atoms with van der Waals surface area (Å²) in [5, 5.41) is 19.8. The standard InChI is InChI=1S/C25H27NO5/c1-3-7-22(31-16-18-8-5-4-6-9-18)13-23(27)17(2)24(28)26-14-20-11-10-19(25(29)30)12-21(20)15-26/h4-12,23,27H,2-3,13-16H2,1H3,(H,29,30). The van der Waals surface area contributed by atoms with Gasteiger partial charge in [0.2, 0.25) is 0 Å². The monoisotopic (exact) mass is 421 g/mol. The number of amides is 1. The molecule has 1 aliphatic heterocycles. The number of benzene rings is 2. The van der Waals surface area contributed by atoms with E-state index in [-0.39, 0.29) is 23.5 Å². The smallest absolute Gasteiger partial charge is 0.335 e. The zero-order chi connectivity index (χ0) is 22.4. The topological polar surface area (TPSA) is 87.1 Å². The molecule has 3 rings (SSSR count). The molecule has 0 spiro atoms. The van der Waals surface area contributed by atoms with Crippen LogP contribution >= 0.6 is 0 Å². The number of hydrogen-bond donors (Lipinski definition) is 2. The van der Waals surface area contributed by atoms with E-state index in [1.54, 1.807) is 17.0 Å². The van der Waals surface area contributed by atoms with E-state index in [0.717, 1.165) is 23.1 Å². The third kappa shape index (κ3) is 5.61. The van der Waals surface area contributed by atoms with Gasteiger partial charge in [0.1, 0.15) is 6.61 Å². The molecule has 31 heavy (non-hydrogen) atoms. The minimum atomic E-state index is -1.07. The van der Waals surface area contributed by atoms with E-state index < -0.39 is 12.1 Å². The van der Waals surface area contributed by atoms with Gasteiger partial charge in [0.15, 0.2) is 0 Å². The van der Waals surface area contributed by atoms with E-state index >= 15 is 0 Å². The molecule has 1 aliphatic rings. The summed E-state index contributed by atoms with van der Waals surface area (Å²) in [7, 11) is 0. The van der Waals surface area contributed by atoms with Gasteiger partial charge in [-0.15, -0.1) is 0 Å². The maximum Gasteiger partial charge on any atom is 0.335 e. The summed E-state index contributed by atoms with van der Waals surface area (Å²) >= 11 is 0. The van der Waals surface area contributed by atoms with Gasteiger partial charge in [0.25, 0.3) is 5.91 Å². The van der Waals surface area contributed by atoms with Gasteiger partial charge in [-0.1, -0.05) is 49.9 Å². The Balaban J connectivity index is 1.59. The van der Waals surface area contributed by atoms with Crippen molar-refractivity contribution in [2.75, 3.05) is 0 Å². The number of fused-ring (bicyclic) bond motifs is 1. The van der Waals surface area contributed by atoms with E-state index in [2.05, 4.69) is 6.58 Å². The van der Waals surface area contributed by atoms with Crippen molar-refractivity contribution in [3.63, 3.8) is 0 Å². The first kappa shape index (κ1) is 22.3. The molecular weight excluding hydrogens is 394 g/mol. The fourth-order valence-corrected chi connectivity index (χ4v) is 3.51. The summed E-state index contributed by atoms with van der Waals surface area (Å²) in [4.78, 5) is 25.6. The highest BCUT2D eigenvalue weighted by atomic mass is 16.5. The molecule has 1 heterocycles. The number of allylic oxidation sites excluding steroid dienone is 1. The van der Waals surface area contributed by atoms with Crippen LogP contribution in [0.15, 0.2) is 72.5 Å². The SMILES string of the molecule is C=C(C(=O)N1Cc2ccc(C(=O)O)cc2C1)C(O)CC(=CCC)OCc1ccccc1. The number of aliphatic hydroxyl groups is 1. The predicted octanol–water partition coefficient (Wildman–Crippen LogP) is 4.04. The lowest BCUT2D eigenvalue weighted by atomic mass is 10.1. The second-order valence-corrected chi connectivity index (χ2v) is 7.55. The number of carbonyl (C=O) groups excluding carboxylic acids is 1. The number of rotatable bonds is 9. The van der Waals surface area contributed by atoms with Gasteiger partial charge >= 0.3 is 5.97 Å². The third-order valence-electron chi connectivity index (χ3n) is 5.23. The summed E-state index contributed by atoms with van der Waals surface area (Å²) in [6.07, 6.45) is 1.72. The normalized spacial score (nSPS) is 14.1. The Morgan fingerprint density at radius 2 is 1.87 bits per heavy atom. The molecule has 2 N–H and O–H groups in total. The fourth-order valence-electron chi connectivity index (χ4n) is 3.51. The number of aliphatic hydroxyl groups excluding tert-OH is 1. The summed E-state index contributed by atoms with van der Waals surface area (Å²) in [5.41, 5.74) is 3.00. The second-order valence-electron chi connectivity index (χ2n) is 7.55. The molecule has 1 amide bonds. The molecule has 0 radical (unpaired) electrons. The van der Waals surface area contributed by atoms with Gasteiger partial charge in [0, 0.05) is 25.1 Å². The zero-order valence-corrected chi connectivity index (χ0v) is 17.6. The van der Waals surface area contributed by atoms with Crippen LogP contribution in [0.4, 0.5) is 0 Å². The van der Waals surface area contributed by atoms with E-state index in [1.165, 1.54) is 6.07 Å². The van der Waals surface area contributed by atoms with Crippen molar-refractivity contribution in [2.45, 2.75) is 45.6 Å². The van der Waals surface area contributed by atoms with Crippen molar-refractivity contribution >= 4 is 11.9 Å². The summed E-state index contributed by atoms with van der Waals surface area (Å²) < 4.78 is 5.86. The first-order chi connectivity index (χ1) is 14.9. The molecule has 0 aliphatic carbocycles. The van der Waals surface area contributed by atoms with Crippen molar-refractivity contribution in [1.82, 2.24) is 4.90 Å². The molecule has 0 saturated heterocycles. The molecule has 6 heteroatoms. The lowest BCUT2D eigenvalue weighted by Crippen LogP contribution is -2.31. The van der Waals surface area contributed by atoms with E-state index in [0.29, 0.717) is 25.5 Å². The average Bonchev–Trinajstić information content (AvgIpc) is 3.20. The second kappa shape index (κ2) is 10.1. The fraction of sp³-hybridized carbons (Fsp3) is 0.280. The number of hydrogen-bond acceptors (Lipinski definition) is 4. The first-order valence-electron chi connectivity index (χ1n) is 10.3. The van der Waals surface area contributed by atoms with Gasteiger partial charge in [-0.2, -0.15) is 0 Å². The van der Waals surface area contributed by atoms with Crippen LogP contribution in [-0.4, -0.2) is 33.1 Å². The molecule has 2 aromatic carbocycles. The zero-order valence-electron chi connectivity index (χ0n) is 17.6. The molecule has 1 atom stereocenters. The molecule has 0 saturated carbocycles. The van der Waals surface area contributed by atoms with Crippen LogP contribution in [-0.2, 0) is 29.2 Å². The maximum absolute atomic E-state index is 12.9.